The largest absolute Gasteiger partial charge is 0.495 e. The lowest BCUT2D eigenvalue weighted by Gasteiger charge is -2.20. The number of rotatable bonds is 6. The molecule has 0 aliphatic carbocycles. The number of aromatic nitrogens is 1. The molecule has 3 rings (SSSR count). The Morgan fingerprint density at radius 1 is 1.19 bits per heavy atom. The maximum Gasteiger partial charge on any atom is 0.230 e. The quantitative estimate of drug-likeness (QED) is 0.531. The monoisotopic (exact) mass is 384 g/mol. The fourth-order valence-corrected chi connectivity index (χ4v) is 4.26. The predicted molar refractivity (Wildman–Crippen MR) is 109 cm³/mol. The molecule has 1 aromatic heterocycles. The highest BCUT2D eigenvalue weighted by Gasteiger charge is 2.21. The first-order valence-corrected chi connectivity index (χ1v) is 10.0. The topological polar surface area (TPSA) is 42.4 Å². The van der Waals surface area contributed by atoms with Crippen LogP contribution in [0.4, 0.5) is 10.8 Å². The zero-order chi connectivity index (χ0) is 18.5. The SMILES string of the molecule is COc1ccccc1N(C(C)=O)c1nc(CSc2ccc(C)cc2)cs1. The second-order valence-electron chi connectivity index (χ2n) is 5.75. The number of ether oxygens (including phenoxy) is 1. The van der Waals surface area contributed by atoms with Gasteiger partial charge in [0, 0.05) is 23.0 Å². The van der Waals surface area contributed by atoms with Crippen molar-refractivity contribution in [3.8, 4) is 5.75 Å². The number of carbonyl (C=O) groups is 1. The molecule has 0 unspecified atom stereocenters. The minimum Gasteiger partial charge on any atom is -0.495 e. The second kappa shape index (κ2) is 8.38. The molecule has 0 saturated heterocycles. The van der Waals surface area contributed by atoms with E-state index in [-0.39, 0.29) is 5.91 Å². The number of aryl methyl sites for hydroxylation is 1. The Labute approximate surface area is 161 Å². The third-order valence-electron chi connectivity index (χ3n) is 3.78. The molecule has 0 fully saturated rings. The van der Waals surface area contributed by atoms with Gasteiger partial charge in [-0.15, -0.1) is 23.1 Å². The van der Waals surface area contributed by atoms with Crippen LogP contribution in [0.25, 0.3) is 0 Å². The molecule has 26 heavy (non-hydrogen) atoms. The van der Waals surface area contributed by atoms with Gasteiger partial charge >= 0.3 is 0 Å². The van der Waals surface area contributed by atoms with Crippen molar-refractivity contribution in [2.45, 2.75) is 24.5 Å². The summed E-state index contributed by atoms with van der Waals surface area (Å²) in [6, 6.07) is 15.9. The Hall–Kier alpha value is -2.31. The fraction of sp³-hybridized carbons (Fsp3) is 0.200. The summed E-state index contributed by atoms with van der Waals surface area (Å²) in [5.74, 6) is 1.31. The van der Waals surface area contributed by atoms with Crippen molar-refractivity contribution in [1.82, 2.24) is 4.98 Å². The summed E-state index contributed by atoms with van der Waals surface area (Å²) in [6.07, 6.45) is 0. The van der Waals surface area contributed by atoms with Crippen molar-refractivity contribution in [1.29, 1.82) is 0 Å². The van der Waals surface area contributed by atoms with Gasteiger partial charge in [0.15, 0.2) is 5.13 Å². The summed E-state index contributed by atoms with van der Waals surface area (Å²) in [7, 11) is 1.60. The van der Waals surface area contributed by atoms with Crippen molar-refractivity contribution in [2.75, 3.05) is 12.0 Å². The number of thiazole rings is 1. The summed E-state index contributed by atoms with van der Waals surface area (Å²) in [5.41, 5.74) is 2.91. The van der Waals surface area contributed by atoms with Gasteiger partial charge in [0.25, 0.3) is 0 Å². The van der Waals surface area contributed by atoms with Gasteiger partial charge in [-0.3, -0.25) is 9.69 Å². The molecule has 134 valence electrons. The number of benzene rings is 2. The molecule has 2 aromatic carbocycles. The van der Waals surface area contributed by atoms with E-state index in [0.717, 1.165) is 11.4 Å². The molecule has 0 radical (unpaired) electrons. The average molecular weight is 385 g/mol. The number of methoxy groups -OCH3 is 1. The minimum absolute atomic E-state index is 0.0958. The van der Waals surface area contributed by atoms with Crippen molar-refractivity contribution in [3.63, 3.8) is 0 Å². The molecule has 0 bridgehead atoms. The summed E-state index contributed by atoms with van der Waals surface area (Å²) in [6.45, 7) is 3.62. The Morgan fingerprint density at radius 3 is 2.62 bits per heavy atom. The molecule has 1 amide bonds. The van der Waals surface area contributed by atoms with Crippen LogP contribution in [0.15, 0.2) is 58.8 Å². The van der Waals surface area contributed by atoms with Crippen molar-refractivity contribution >= 4 is 39.8 Å². The Morgan fingerprint density at radius 2 is 1.92 bits per heavy atom. The summed E-state index contributed by atoms with van der Waals surface area (Å²) in [4.78, 5) is 19.7. The average Bonchev–Trinajstić information content (AvgIpc) is 3.10. The minimum atomic E-state index is -0.0958. The summed E-state index contributed by atoms with van der Waals surface area (Å²) in [5, 5.41) is 2.66. The third-order valence-corrected chi connectivity index (χ3v) is 5.70. The molecule has 0 N–H and O–H groups in total. The number of thioether (sulfide) groups is 1. The Bertz CT molecular complexity index is 891. The molecule has 0 atom stereocenters. The lowest BCUT2D eigenvalue weighted by atomic mass is 10.2. The van der Waals surface area contributed by atoms with Gasteiger partial charge in [-0.25, -0.2) is 4.98 Å². The third kappa shape index (κ3) is 4.26. The van der Waals surface area contributed by atoms with Crippen LogP contribution in [0.2, 0.25) is 0 Å². The van der Waals surface area contributed by atoms with Gasteiger partial charge < -0.3 is 4.74 Å². The molecule has 3 aromatic rings. The van der Waals surface area contributed by atoms with E-state index in [0.29, 0.717) is 16.6 Å². The van der Waals surface area contributed by atoms with Crippen molar-refractivity contribution < 1.29 is 9.53 Å². The number of amides is 1. The second-order valence-corrected chi connectivity index (χ2v) is 7.63. The van der Waals surface area contributed by atoms with E-state index in [1.807, 2.05) is 29.6 Å². The van der Waals surface area contributed by atoms with Crippen LogP contribution in [0.3, 0.4) is 0 Å². The van der Waals surface area contributed by atoms with E-state index in [1.165, 1.54) is 28.7 Å². The molecule has 1 heterocycles. The van der Waals surface area contributed by atoms with Crippen LogP contribution in [-0.4, -0.2) is 18.0 Å². The van der Waals surface area contributed by atoms with E-state index in [1.54, 1.807) is 23.8 Å². The predicted octanol–water partition coefficient (Wildman–Crippen LogP) is 5.44. The van der Waals surface area contributed by atoms with Gasteiger partial charge in [0.1, 0.15) is 5.75 Å². The van der Waals surface area contributed by atoms with Gasteiger partial charge in [-0.2, -0.15) is 0 Å². The molecular formula is C20H20N2O2S2. The van der Waals surface area contributed by atoms with E-state index >= 15 is 0 Å². The van der Waals surface area contributed by atoms with E-state index in [2.05, 4.69) is 36.2 Å². The van der Waals surface area contributed by atoms with Crippen molar-refractivity contribution in [2.24, 2.45) is 0 Å². The highest BCUT2D eigenvalue weighted by Crippen LogP contribution is 2.36. The van der Waals surface area contributed by atoms with E-state index in [4.69, 9.17) is 4.74 Å². The molecule has 4 nitrogen and oxygen atoms in total. The lowest BCUT2D eigenvalue weighted by molar-refractivity contribution is -0.115. The molecule has 0 aliphatic heterocycles. The Kier molecular flexibility index (Phi) is 5.96. The number of anilines is 2. The van der Waals surface area contributed by atoms with Gasteiger partial charge in [0.05, 0.1) is 18.5 Å². The van der Waals surface area contributed by atoms with Crippen molar-refractivity contribution in [3.05, 3.63) is 65.2 Å². The molecule has 0 spiro atoms. The summed E-state index contributed by atoms with van der Waals surface area (Å²) < 4.78 is 5.40. The summed E-state index contributed by atoms with van der Waals surface area (Å²) >= 11 is 3.20. The number of nitrogens with zero attached hydrogens (tertiary/aromatic N) is 2. The van der Waals surface area contributed by atoms with Gasteiger partial charge in [-0.1, -0.05) is 29.8 Å². The number of carbonyl (C=O) groups excluding carboxylic acids is 1. The number of para-hydroxylation sites is 2. The zero-order valence-electron chi connectivity index (χ0n) is 14.9. The highest BCUT2D eigenvalue weighted by molar-refractivity contribution is 7.98. The first-order valence-electron chi connectivity index (χ1n) is 8.16. The van der Waals surface area contributed by atoms with E-state index < -0.39 is 0 Å². The standard InChI is InChI=1S/C20H20N2O2S2/c1-14-8-10-17(11-9-14)25-12-16-13-26-20(21-16)22(15(2)23)18-6-4-5-7-19(18)24-3/h4-11,13H,12H2,1-3H3. The normalized spacial score (nSPS) is 10.6. The van der Waals surface area contributed by atoms with Gasteiger partial charge in [0.2, 0.25) is 5.91 Å². The fourth-order valence-electron chi connectivity index (χ4n) is 2.48. The lowest BCUT2D eigenvalue weighted by Crippen LogP contribution is -2.23. The van der Waals surface area contributed by atoms with Gasteiger partial charge in [-0.05, 0) is 31.2 Å². The molecular weight excluding hydrogens is 364 g/mol. The smallest absolute Gasteiger partial charge is 0.230 e. The maximum absolute atomic E-state index is 12.3. The van der Waals surface area contributed by atoms with Crippen LogP contribution >= 0.6 is 23.1 Å². The van der Waals surface area contributed by atoms with Crippen LogP contribution in [0.1, 0.15) is 18.2 Å². The molecule has 6 heteroatoms. The van der Waals surface area contributed by atoms with Crippen LogP contribution in [0.5, 0.6) is 5.75 Å². The highest BCUT2D eigenvalue weighted by atomic mass is 32.2. The van der Waals surface area contributed by atoms with Crippen LogP contribution in [0, 0.1) is 6.92 Å². The van der Waals surface area contributed by atoms with E-state index in [9.17, 15) is 4.79 Å². The first-order chi connectivity index (χ1) is 12.6. The number of hydrogen-bond acceptors (Lipinski definition) is 5. The zero-order valence-corrected chi connectivity index (χ0v) is 16.6. The Balaban J connectivity index is 1.79. The maximum atomic E-state index is 12.3. The number of hydrogen-bond donors (Lipinski definition) is 0. The van der Waals surface area contributed by atoms with Crippen LogP contribution < -0.4 is 9.64 Å². The first kappa shape index (κ1) is 18.5. The molecule has 0 saturated carbocycles. The van der Waals surface area contributed by atoms with Crippen LogP contribution in [-0.2, 0) is 10.5 Å². The molecule has 0 aliphatic rings.